The molecular weight excluding hydrogens is 353 g/mol. The van der Waals surface area contributed by atoms with Gasteiger partial charge in [0.25, 0.3) is 0 Å². The van der Waals surface area contributed by atoms with E-state index in [4.69, 9.17) is 0 Å². The molecule has 0 atom stereocenters. The van der Waals surface area contributed by atoms with Crippen LogP contribution >= 0.6 is 0 Å². The molecule has 0 bridgehead atoms. The number of aryl methyl sites for hydroxylation is 1. The predicted octanol–water partition coefficient (Wildman–Crippen LogP) is 5.71. The summed E-state index contributed by atoms with van der Waals surface area (Å²) in [6.07, 6.45) is -2.81. The Morgan fingerprint density at radius 3 is 2.52 bits per heavy atom. The number of anilines is 4. The number of hydrogen-bond donors (Lipinski definition) is 1. The largest absolute Gasteiger partial charge is 0.416 e. The van der Waals surface area contributed by atoms with Crippen LogP contribution < -0.4 is 10.2 Å². The molecule has 2 aromatic carbocycles. The van der Waals surface area contributed by atoms with E-state index >= 15 is 0 Å². The van der Waals surface area contributed by atoms with Crippen molar-refractivity contribution in [3.8, 4) is 0 Å². The van der Waals surface area contributed by atoms with Gasteiger partial charge in [-0.05, 0) is 55.8 Å². The van der Waals surface area contributed by atoms with E-state index in [1.807, 2.05) is 43.0 Å². The lowest BCUT2D eigenvalue weighted by molar-refractivity contribution is -0.137. The number of aromatic nitrogens is 2. The Kier molecular flexibility index (Phi) is 5.30. The summed E-state index contributed by atoms with van der Waals surface area (Å²) in [6.45, 7) is 4.64. The second-order valence-corrected chi connectivity index (χ2v) is 6.03. The van der Waals surface area contributed by atoms with Crippen LogP contribution in [0, 0.1) is 6.92 Å². The number of nitrogens with zero attached hydrogens (tertiary/aromatic N) is 3. The minimum absolute atomic E-state index is 0.313. The Bertz CT molecular complexity index is 925. The maximum Gasteiger partial charge on any atom is 0.416 e. The molecule has 27 heavy (non-hydrogen) atoms. The lowest BCUT2D eigenvalue weighted by Gasteiger charge is -2.21. The Balaban J connectivity index is 1.87. The van der Waals surface area contributed by atoms with Crippen molar-refractivity contribution in [2.75, 3.05) is 16.8 Å². The molecule has 0 fully saturated rings. The number of rotatable bonds is 5. The van der Waals surface area contributed by atoms with Crippen LogP contribution in [0.2, 0.25) is 0 Å². The van der Waals surface area contributed by atoms with Gasteiger partial charge in [-0.3, -0.25) is 0 Å². The molecule has 0 unspecified atom stereocenters. The average Bonchev–Trinajstić information content (AvgIpc) is 2.62. The zero-order chi connectivity index (χ0) is 19.4. The predicted molar refractivity (Wildman–Crippen MR) is 101 cm³/mol. The van der Waals surface area contributed by atoms with Crippen LogP contribution in [0.15, 0.2) is 60.8 Å². The first-order valence-electron chi connectivity index (χ1n) is 8.48. The van der Waals surface area contributed by atoms with Crippen LogP contribution in [-0.2, 0) is 6.18 Å². The third kappa shape index (κ3) is 4.55. The summed E-state index contributed by atoms with van der Waals surface area (Å²) >= 11 is 0. The highest BCUT2D eigenvalue weighted by molar-refractivity contribution is 5.62. The molecule has 0 spiro atoms. The van der Waals surface area contributed by atoms with Gasteiger partial charge in [0.1, 0.15) is 5.82 Å². The molecule has 0 saturated carbocycles. The zero-order valence-electron chi connectivity index (χ0n) is 15.0. The summed E-state index contributed by atoms with van der Waals surface area (Å²) in [5.74, 6) is 0.894. The number of hydrogen-bond acceptors (Lipinski definition) is 4. The highest BCUT2D eigenvalue weighted by Crippen LogP contribution is 2.31. The van der Waals surface area contributed by atoms with Gasteiger partial charge in [-0.25, -0.2) is 4.98 Å². The van der Waals surface area contributed by atoms with Crippen LogP contribution in [0.25, 0.3) is 0 Å². The number of nitrogens with one attached hydrogen (secondary N) is 1. The molecule has 7 heteroatoms. The molecule has 1 N–H and O–H groups in total. The summed E-state index contributed by atoms with van der Waals surface area (Å²) < 4.78 is 38.6. The van der Waals surface area contributed by atoms with Gasteiger partial charge in [-0.15, -0.1) is 0 Å². The minimum Gasteiger partial charge on any atom is -0.340 e. The number of benzene rings is 2. The highest BCUT2D eigenvalue weighted by atomic mass is 19.4. The summed E-state index contributed by atoms with van der Waals surface area (Å²) in [5.41, 5.74) is 1.67. The third-order valence-corrected chi connectivity index (χ3v) is 3.98. The van der Waals surface area contributed by atoms with E-state index in [2.05, 4.69) is 15.3 Å². The van der Waals surface area contributed by atoms with Crippen molar-refractivity contribution in [2.45, 2.75) is 20.0 Å². The van der Waals surface area contributed by atoms with Gasteiger partial charge in [-0.2, -0.15) is 18.2 Å². The first kappa shape index (κ1) is 18.7. The molecule has 3 aromatic rings. The van der Waals surface area contributed by atoms with Gasteiger partial charge in [0.05, 0.1) is 5.56 Å². The average molecular weight is 372 g/mol. The summed E-state index contributed by atoms with van der Waals surface area (Å²) in [4.78, 5) is 10.7. The molecule has 1 aromatic heterocycles. The van der Waals surface area contributed by atoms with Gasteiger partial charge in [-0.1, -0.05) is 18.2 Å². The van der Waals surface area contributed by atoms with E-state index in [1.165, 1.54) is 6.07 Å². The van der Waals surface area contributed by atoms with E-state index in [9.17, 15) is 13.2 Å². The van der Waals surface area contributed by atoms with Gasteiger partial charge in [0.15, 0.2) is 0 Å². The second-order valence-electron chi connectivity index (χ2n) is 6.03. The molecule has 0 aliphatic heterocycles. The molecule has 0 aliphatic rings. The molecule has 0 saturated heterocycles. The van der Waals surface area contributed by atoms with E-state index in [-0.39, 0.29) is 0 Å². The molecule has 4 nitrogen and oxygen atoms in total. The van der Waals surface area contributed by atoms with Crippen LogP contribution in [0.4, 0.5) is 36.3 Å². The van der Waals surface area contributed by atoms with Crippen molar-refractivity contribution in [1.29, 1.82) is 0 Å². The van der Waals surface area contributed by atoms with Crippen molar-refractivity contribution >= 4 is 23.1 Å². The fourth-order valence-electron chi connectivity index (χ4n) is 2.70. The Morgan fingerprint density at radius 1 is 1.04 bits per heavy atom. The van der Waals surface area contributed by atoms with Crippen LogP contribution in [-0.4, -0.2) is 16.5 Å². The molecule has 1 heterocycles. The maximum absolute atomic E-state index is 12.9. The highest BCUT2D eigenvalue weighted by Gasteiger charge is 2.30. The molecule has 0 amide bonds. The quantitative estimate of drug-likeness (QED) is 0.623. The van der Waals surface area contributed by atoms with Gasteiger partial charge in [0.2, 0.25) is 5.95 Å². The normalized spacial score (nSPS) is 11.3. The Labute approximate surface area is 155 Å². The van der Waals surface area contributed by atoms with Gasteiger partial charge < -0.3 is 10.2 Å². The monoisotopic (exact) mass is 372 g/mol. The smallest absolute Gasteiger partial charge is 0.340 e. The standard InChI is InChI=1S/C20H19F3N4/c1-3-27(17-9-4-6-14(2)12-17)19-24-11-10-18(26-19)25-16-8-5-7-15(13-16)20(21,22)23/h4-13H,3H2,1-2H3,(H,24,25,26). The lowest BCUT2D eigenvalue weighted by Crippen LogP contribution is -2.19. The Hall–Kier alpha value is -3.09. The molecule has 140 valence electrons. The number of alkyl halides is 3. The van der Waals surface area contributed by atoms with E-state index in [0.29, 0.717) is 24.0 Å². The summed E-state index contributed by atoms with van der Waals surface area (Å²) in [5, 5.41) is 2.92. The Morgan fingerprint density at radius 2 is 1.81 bits per heavy atom. The van der Waals surface area contributed by atoms with Crippen molar-refractivity contribution < 1.29 is 13.2 Å². The van der Waals surface area contributed by atoms with Crippen LogP contribution in [0.1, 0.15) is 18.1 Å². The molecule has 0 aliphatic carbocycles. The van der Waals surface area contributed by atoms with Crippen molar-refractivity contribution in [3.63, 3.8) is 0 Å². The second kappa shape index (κ2) is 7.65. The minimum atomic E-state index is -4.39. The van der Waals surface area contributed by atoms with Crippen molar-refractivity contribution in [3.05, 3.63) is 71.9 Å². The first-order chi connectivity index (χ1) is 12.9. The SMILES string of the molecule is CCN(c1cccc(C)c1)c1nccc(Nc2cccc(C(F)(F)F)c2)n1. The summed E-state index contributed by atoms with van der Waals surface area (Å²) in [7, 11) is 0. The van der Waals surface area contributed by atoms with E-state index < -0.39 is 11.7 Å². The van der Waals surface area contributed by atoms with Gasteiger partial charge >= 0.3 is 6.18 Å². The van der Waals surface area contributed by atoms with E-state index in [0.717, 1.165) is 23.4 Å². The van der Waals surface area contributed by atoms with Crippen LogP contribution in [0.5, 0.6) is 0 Å². The molecule has 0 radical (unpaired) electrons. The van der Waals surface area contributed by atoms with E-state index in [1.54, 1.807) is 18.3 Å². The number of halogens is 3. The third-order valence-electron chi connectivity index (χ3n) is 3.98. The zero-order valence-corrected chi connectivity index (χ0v) is 15.0. The van der Waals surface area contributed by atoms with Gasteiger partial charge in [0, 0.05) is 24.1 Å². The lowest BCUT2D eigenvalue weighted by atomic mass is 10.2. The fourth-order valence-corrected chi connectivity index (χ4v) is 2.70. The molecule has 3 rings (SSSR count). The summed E-state index contributed by atoms with van der Waals surface area (Å²) in [6, 6.07) is 14.6. The van der Waals surface area contributed by atoms with Crippen molar-refractivity contribution in [2.24, 2.45) is 0 Å². The molecular formula is C20H19F3N4. The fraction of sp³-hybridized carbons (Fsp3) is 0.200. The van der Waals surface area contributed by atoms with Crippen LogP contribution in [0.3, 0.4) is 0 Å². The first-order valence-corrected chi connectivity index (χ1v) is 8.48. The van der Waals surface area contributed by atoms with Crippen molar-refractivity contribution in [1.82, 2.24) is 9.97 Å². The topological polar surface area (TPSA) is 41.1 Å². The maximum atomic E-state index is 12.9.